The molecule has 2 unspecified atom stereocenters. The van der Waals surface area contributed by atoms with E-state index in [2.05, 4.69) is 74.6 Å². The van der Waals surface area contributed by atoms with Gasteiger partial charge >= 0.3 is 19.8 Å². The summed E-state index contributed by atoms with van der Waals surface area (Å²) in [7, 11) is 1.47. The number of quaternary nitrogens is 1. The second kappa shape index (κ2) is 40.1. The molecule has 0 bridgehead atoms. The number of hydrogen-bond acceptors (Lipinski definition) is 7. The smallest absolute Gasteiger partial charge is 0.462 e. The van der Waals surface area contributed by atoms with Crippen LogP contribution in [0.25, 0.3) is 0 Å². The monoisotopic (exact) mass is 837 g/mol. The van der Waals surface area contributed by atoms with Crippen LogP contribution in [0.1, 0.15) is 181 Å². The predicted octanol–water partition coefficient (Wildman–Crippen LogP) is 13.2. The molecule has 0 aromatic carbocycles. The minimum atomic E-state index is -4.37. The number of nitrogens with zero attached hydrogens (tertiary/aromatic N) is 1. The number of phosphoric acid groups is 1. The molecule has 0 aromatic rings. The zero-order chi connectivity index (χ0) is 42.8. The minimum absolute atomic E-state index is 0.0290. The first kappa shape index (κ1) is 55.7. The molecule has 0 spiro atoms. The number of likely N-dealkylation sites (N-methyl/N-ethyl adjacent to an activating group) is 1. The maximum Gasteiger partial charge on any atom is 0.472 e. The van der Waals surface area contributed by atoms with Crippen molar-refractivity contribution < 1.29 is 42.1 Å². The lowest BCUT2D eigenvalue weighted by atomic mass is 10.1. The Kier molecular flexibility index (Phi) is 38.5. The molecule has 2 atom stereocenters. The van der Waals surface area contributed by atoms with E-state index < -0.39 is 26.5 Å². The van der Waals surface area contributed by atoms with Crippen LogP contribution in [0.3, 0.4) is 0 Å². The summed E-state index contributed by atoms with van der Waals surface area (Å²) in [6.45, 7) is 4.27. The third-order valence-electron chi connectivity index (χ3n) is 9.56. The number of carbonyl (C=O) groups excluding carboxylic acids is 2. The van der Waals surface area contributed by atoms with Gasteiger partial charge in [0.15, 0.2) is 6.10 Å². The van der Waals surface area contributed by atoms with Crippen LogP contribution in [0.2, 0.25) is 0 Å². The molecular formula is C48H87NO8P+. The fourth-order valence-electron chi connectivity index (χ4n) is 5.98. The fourth-order valence-corrected chi connectivity index (χ4v) is 6.72. The summed E-state index contributed by atoms with van der Waals surface area (Å²) in [5.74, 6) is -0.810. The molecule has 0 aliphatic heterocycles. The van der Waals surface area contributed by atoms with Crippen LogP contribution >= 0.6 is 7.82 Å². The molecule has 0 saturated carbocycles. The SMILES string of the molecule is CC/C=C\C/C=C\C/C=C\C/C=C\C/C=C\CCCCCCCCCCCC(=O)OC(COC(=O)CCCCCCCCCCC)COP(=O)(O)OCC[N+](C)(C)C. The first-order valence-electron chi connectivity index (χ1n) is 23.0. The Bertz CT molecular complexity index is 1170. The summed E-state index contributed by atoms with van der Waals surface area (Å²) in [6.07, 6.45) is 48.5. The second-order valence-corrected chi connectivity index (χ2v) is 17.9. The number of rotatable bonds is 41. The Morgan fingerprint density at radius 1 is 0.552 bits per heavy atom. The highest BCUT2D eigenvalue weighted by atomic mass is 31.2. The summed E-state index contributed by atoms with van der Waals surface area (Å²) in [5, 5.41) is 0. The molecule has 58 heavy (non-hydrogen) atoms. The van der Waals surface area contributed by atoms with Gasteiger partial charge in [-0.3, -0.25) is 18.6 Å². The van der Waals surface area contributed by atoms with Gasteiger partial charge < -0.3 is 18.9 Å². The van der Waals surface area contributed by atoms with Gasteiger partial charge in [-0.15, -0.1) is 0 Å². The highest BCUT2D eigenvalue weighted by Crippen LogP contribution is 2.43. The molecule has 0 radical (unpaired) electrons. The van der Waals surface area contributed by atoms with Crippen molar-refractivity contribution in [1.29, 1.82) is 0 Å². The van der Waals surface area contributed by atoms with Crippen molar-refractivity contribution >= 4 is 19.8 Å². The van der Waals surface area contributed by atoms with Crippen molar-refractivity contribution in [2.45, 2.75) is 187 Å². The van der Waals surface area contributed by atoms with Gasteiger partial charge in [0.25, 0.3) is 0 Å². The van der Waals surface area contributed by atoms with Gasteiger partial charge in [-0.25, -0.2) is 4.57 Å². The normalized spacial score (nSPS) is 14.1. The summed E-state index contributed by atoms with van der Waals surface area (Å²) < 4.78 is 34.3. The number of unbranched alkanes of at least 4 members (excludes halogenated alkanes) is 17. The molecule has 0 aliphatic rings. The molecule has 0 saturated heterocycles. The number of esters is 2. The van der Waals surface area contributed by atoms with Gasteiger partial charge in [0.1, 0.15) is 19.8 Å². The Morgan fingerprint density at radius 2 is 0.983 bits per heavy atom. The van der Waals surface area contributed by atoms with Gasteiger partial charge in [-0.1, -0.05) is 171 Å². The van der Waals surface area contributed by atoms with E-state index >= 15 is 0 Å². The average molecular weight is 837 g/mol. The van der Waals surface area contributed by atoms with E-state index in [1.807, 2.05) is 21.1 Å². The number of phosphoric ester groups is 1. The Labute approximate surface area is 356 Å². The Balaban J connectivity index is 4.22. The maximum absolute atomic E-state index is 12.7. The molecule has 0 fully saturated rings. The molecule has 9 nitrogen and oxygen atoms in total. The number of hydrogen-bond donors (Lipinski definition) is 1. The standard InChI is InChI=1S/C48H86NO8P/c1-6-8-10-12-14-16-17-18-19-20-21-22-23-24-25-26-27-28-29-30-31-33-35-37-39-41-48(51)57-46(45-56-58(52,53)55-43-42-49(3,4)5)44-54-47(50)40-38-36-34-32-15-13-11-9-7-2/h8,10,14,16,18-19,21-22,24-25,46H,6-7,9,11-13,15,17,20,23,26-45H2,1-5H3/p+1/b10-8-,16-14-,19-18-,22-21-,25-24-. The van der Waals surface area contributed by atoms with Gasteiger partial charge in [0.2, 0.25) is 0 Å². The van der Waals surface area contributed by atoms with E-state index in [4.69, 9.17) is 18.5 Å². The van der Waals surface area contributed by atoms with Crippen molar-refractivity contribution in [3.63, 3.8) is 0 Å². The quantitative estimate of drug-likeness (QED) is 0.0213. The van der Waals surface area contributed by atoms with Crippen molar-refractivity contribution in [2.24, 2.45) is 0 Å². The van der Waals surface area contributed by atoms with Gasteiger partial charge in [-0.05, 0) is 57.8 Å². The summed E-state index contributed by atoms with van der Waals surface area (Å²) in [4.78, 5) is 35.3. The van der Waals surface area contributed by atoms with E-state index in [1.54, 1.807) is 0 Å². The van der Waals surface area contributed by atoms with Crippen LogP contribution < -0.4 is 0 Å². The lowest BCUT2D eigenvalue weighted by Crippen LogP contribution is -2.37. The van der Waals surface area contributed by atoms with Crippen LogP contribution in [0.5, 0.6) is 0 Å². The first-order valence-corrected chi connectivity index (χ1v) is 24.5. The van der Waals surface area contributed by atoms with E-state index in [1.165, 1.54) is 70.6 Å². The van der Waals surface area contributed by atoms with Crippen LogP contribution in [-0.2, 0) is 32.7 Å². The molecule has 10 heteroatoms. The van der Waals surface area contributed by atoms with Crippen LogP contribution in [0, 0.1) is 0 Å². The lowest BCUT2D eigenvalue weighted by Gasteiger charge is -2.24. The number of allylic oxidation sites excluding steroid dienone is 10. The van der Waals surface area contributed by atoms with Crippen LogP contribution in [0.15, 0.2) is 60.8 Å². The van der Waals surface area contributed by atoms with Crippen molar-refractivity contribution in [1.82, 2.24) is 0 Å². The largest absolute Gasteiger partial charge is 0.472 e. The maximum atomic E-state index is 12.7. The van der Waals surface area contributed by atoms with Gasteiger partial charge in [-0.2, -0.15) is 0 Å². The zero-order valence-corrected chi connectivity index (χ0v) is 38.7. The lowest BCUT2D eigenvalue weighted by molar-refractivity contribution is -0.870. The Hall–Kier alpha value is -2.29. The van der Waals surface area contributed by atoms with E-state index in [0.717, 1.165) is 77.0 Å². The van der Waals surface area contributed by atoms with Crippen LogP contribution in [-0.4, -0.2) is 74.9 Å². The molecule has 1 N–H and O–H groups in total. The fraction of sp³-hybridized carbons (Fsp3) is 0.750. The molecule has 0 rings (SSSR count). The molecule has 0 aromatic heterocycles. The second-order valence-electron chi connectivity index (χ2n) is 16.4. The molecular weight excluding hydrogens is 750 g/mol. The first-order chi connectivity index (χ1) is 28.0. The summed E-state index contributed by atoms with van der Waals surface area (Å²) in [6, 6.07) is 0. The summed E-state index contributed by atoms with van der Waals surface area (Å²) in [5.41, 5.74) is 0. The van der Waals surface area contributed by atoms with E-state index in [-0.39, 0.29) is 32.0 Å². The molecule has 0 aliphatic carbocycles. The Morgan fingerprint density at radius 3 is 1.47 bits per heavy atom. The topological polar surface area (TPSA) is 108 Å². The molecule has 0 heterocycles. The average Bonchev–Trinajstić information content (AvgIpc) is 3.17. The van der Waals surface area contributed by atoms with Crippen molar-refractivity contribution in [3.8, 4) is 0 Å². The van der Waals surface area contributed by atoms with Crippen molar-refractivity contribution in [2.75, 3.05) is 47.5 Å². The van der Waals surface area contributed by atoms with Gasteiger partial charge in [0, 0.05) is 12.8 Å². The zero-order valence-electron chi connectivity index (χ0n) is 37.8. The third-order valence-corrected chi connectivity index (χ3v) is 10.5. The van der Waals surface area contributed by atoms with Crippen LogP contribution in [0.4, 0.5) is 0 Å². The highest BCUT2D eigenvalue weighted by Gasteiger charge is 2.27. The highest BCUT2D eigenvalue weighted by molar-refractivity contribution is 7.47. The van der Waals surface area contributed by atoms with Gasteiger partial charge in [0.05, 0.1) is 27.7 Å². The molecule has 336 valence electrons. The molecule has 0 amide bonds. The van der Waals surface area contributed by atoms with E-state index in [9.17, 15) is 19.0 Å². The minimum Gasteiger partial charge on any atom is -0.462 e. The number of carbonyl (C=O) groups is 2. The van der Waals surface area contributed by atoms with Crippen molar-refractivity contribution in [3.05, 3.63) is 60.8 Å². The summed E-state index contributed by atoms with van der Waals surface area (Å²) >= 11 is 0. The van der Waals surface area contributed by atoms with E-state index in [0.29, 0.717) is 17.4 Å². The number of ether oxygens (including phenoxy) is 2. The predicted molar refractivity (Wildman–Crippen MR) is 243 cm³/mol. The third kappa shape index (κ3) is 43.3.